The molecule has 0 heterocycles. The third-order valence-corrected chi connectivity index (χ3v) is 7.31. The Morgan fingerprint density at radius 3 is 2.02 bits per heavy atom. The van der Waals surface area contributed by atoms with Gasteiger partial charge in [0.15, 0.2) is 0 Å². The molecule has 4 aromatic carbocycles. The molecule has 0 radical (unpaired) electrons. The number of aryl methyl sites for hydroxylation is 2. The molecule has 0 fully saturated rings. The van der Waals surface area contributed by atoms with Gasteiger partial charge in [-0.1, -0.05) is 97.1 Å². The Morgan fingerprint density at radius 1 is 0.690 bits per heavy atom. The van der Waals surface area contributed by atoms with Crippen LogP contribution in [0.15, 0.2) is 109 Å². The van der Waals surface area contributed by atoms with E-state index in [1.807, 2.05) is 36.4 Å². The molecular formula is C36H39NO5. The van der Waals surface area contributed by atoms with Crippen LogP contribution in [0, 0.1) is 0 Å². The summed E-state index contributed by atoms with van der Waals surface area (Å²) in [7, 11) is 0. The van der Waals surface area contributed by atoms with Crippen LogP contribution in [0.4, 0.5) is 0 Å². The van der Waals surface area contributed by atoms with Crippen molar-refractivity contribution in [1.29, 1.82) is 0 Å². The fourth-order valence-corrected chi connectivity index (χ4v) is 5.02. The van der Waals surface area contributed by atoms with Crippen molar-refractivity contribution >= 4 is 11.9 Å². The van der Waals surface area contributed by atoms with Crippen molar-refractivity contribution in [1.82, 2.24) is 4.90 Å². The number of aromatic carboxylic acids is 1. The molecule has 0 amide bonds. The van der Waals surface area contributed by atoms with E-state index in [1.165, 1.54) is 11.1 Å². The lowest BCUT2D eigenvalue weighted by atomic mass is 10.0. The summed E-state index contributed by atoms with van der Waals surface area (Å²) < 4.78 is 6.58. The molecule has 0 saturated heterocycles. The summed E-state index contributed by atoms with van der Waals surface area (Å²) in [5.74, 6) is -1.74. The normalized spacial score (nSPS) is 11.8. The molecule has 2 N–H and O–H groups in total. The van der Waals surface area contributed by atoms with Crippen molar-refractivity contribution in [2.45, 2.75) is 51.4 Å². The summed E-state index contributed by atoms with van der Waals surface area (Å²) in [5.41, 5.74) is 6.05. The first-order valence-electron chi connectivity index (χ1n) is 14.5. The Bertz CT molecular complexity index is 1390. The van der Waals surface area contributed by atoms with E-state index in [9.17, 15) is 14.7 Å². The molecule has 0 saturated carbocycles. The maximum Gasteiger partial charge on any atom is 0.335 e. The second kappa shape index (κ2) is 16.2. The summed E-state index contributed by atoms with van der Waals surface area (Å²) >= 11 is 0. The van der Waals surface area contributed by atoms with Crippen LogP contribution in [-0.4, -0.2) is 40.1 Å². The minimum absolute atomic E-state index is 0.139. The molecule has 0 aliphatic heterocycles. The lowest BCUT2D eigenvalue weighted by Crippen LogP contribution is -2.30. The van der Waals surface area contributed by atoms with Gasteiger partial charge < -0.3 is 14.9 Å². The van der Waals surface area contributed by atoms with Gasteiger partial charge in [-0.25, -0.2) is 4.79 Å². The highest BCUT2D eigenvalue weighted by Crippen LogP contribution is 2.23. The zero-order chi connectivity index (χ0) is 29.6. The standard InChI is InChI=1S/C36H39NO5/c38-35(39)16-7-8-23-37(25-30-19-21-33(22-20-30)36(40)41)26-34(32-14-5-2-6-15-32)42-27-31-13-9-12-29(24-31)18-17-28-10-3-1-4-11-28/h1-6,9-15,19-22,24,34H,7-8,16-18,23,25-27H2,(H,38,39)(H,40,41). The third kappa shape index (κ3) is 10.3. The smallest absolute Gasteiger partial charge is 0.335 e. The van der Waals surface area contributed by atoms with Gasteiger partial charge in [-0.3, -0.25) is 9.69 Å². The average molecular weight is 566 g/mol. The molecule has 0 aliphatic rings. The first-order chi connectivity index (χ1) is 20.5. The Kier molecular flexibility index (Phi) is 11.9. The van der Waals surface area contributed by atoms with Crippen LogP contribution in [0.3, 0.4) is 0 Å². The van der Waals surface area contributed by atoms with Crippen LogP contribution in [0.5, 0.6) is 0 Å². The van der Waals surface area contributed by atoms with Crippen LogP contribution in [0.1, 0.15) is 63.5 Å². The van der Waals surface area contributed by atoms with E-state index < -0.39 is 11.9 Å². The van der Waals surface area contributed by atoms with Gasteiger partial charge in [0.05, 0.1) is 18.3 Å². The van der Waals surface area contributed by atoms with Crippen LogP contribution in [-0.2, 0) is 35.5 Å². The van der Waals surface area contributed by atoms with Crippen molar-refractivity contribution in [2.24, 2.45) is 0 Å². The number of benzene rings is 4. The molecule has 4 rings (SSSR count). The number of rotatable bonds is 17. The van der Waals surface area contributed by atoms with Crippen LogP contribution >= 0.6 is 0 Å². The number of nitrogens with zero attached hydrogens (tertiary/aromatic N) is 1. The zero-order valence-corrected chi connectivity index (χ0v) is 23.9. The van der Waals surface area contributed by atoms with E-state index in [2.05, 4.69) is 65.6 Å². The van der Waals surface area contributed by atoms with Crippen LogP contribution < -0.4 is 0 Å². The van der Waals surface area contributed by atoms with Crippen LogP contribution in [0.25, 0.3) is 0 Å². The fourth-order valence-electron chi connectivity index (χ4n) is 5.02. The Balaban J connectivity index is 1.45. The number of unbranched alkanes of at least 4 members (excludes halogenated alkanes) is 1. The van der Waals surface area contributed by atoms with Gasteiger partial charge in [0.2, 0.25) is 0 Å². The molecule has 218 valence electrons. The van der Waals surface area contributed by atoms with Crippen LogP contribution in [0.2, 0.25) is 0 Å². The molecular weight excluding hydrogens is 526 g/mol. The highest BCUT2D eigenvalue weighted by atomic mass is 16.5. The van der Waals surface area contributed by atoms with E-state index in [-0.39, 0.29) is 18.1 Å². The number of aliphatic carboxylic acids is 1. The molecule has 0 bridgehead atoms. The van der Waals surface area contributed by atoms with Gasteiger partial charge in [-0.2, -0.15) is 0 Å². The lowest BCUT2D eigenvalue weighted by molar-refractivity contribution is -0.137. The number of carbonyl (C=O) groups is 2. The number of ether oxygens (including phenoxy) is 1. The van der Waals surface area contributed by atoms with Gasteiger partial charge in [0.1, 0.15) is 0 Å². The summed E-state index contributed by atoms with van der Waals surface area (Å²) in [6, 6.07) is 36.2. The molecule has 4 aromatic rings. The Hall–Kier alpha value is -4.26. The van der Waals surface area contributed by atoms with E-state index in [0.29, 0.717) is 32.7 Å². The van der Waals surface area contributed by atoms with Crippen molar-refractivity contribution < 1.29 is 24.5 Å². The molecule has 0 spiro atoms. The second-order valence-corrected chi connectivity index (χ2v) is 10.6. The lowest BCUT2D eigenvalue weighted by Gasteiger charge is -2.28. The first kappa shape index (κ1) is 30.7. The highest BCUT2D eigenvalue weighted by molar-refractivity contribution is 5.87. The number of hydrogen-bond acceptors (Lipinski definition) is 4. The third-order valence-electron chi connectivity index (χ3n) is 7.31. The zero-order valence-electron chi connectivity index (χ0n) is 23.9. The van der Waals surface area contributed by atoms with Gasteiger partial charge in [0, 0.05) is 19.5 Å². The predicted octanol–water partition coefficient (Wildman–Crippen LogP) is 7.19. The maximum atomic E-state index is 11.3. The summed E-state index contributed by atoms with van der Waals surface area (Å²) in [5, 5.41) is 18.4. The van der Waals surface area contributed by atoms with E-state index in [1.54, 1.807) is 12.1 Å². The van der Waals surface area contributed by atoms with E-state index in [4.69, 9.17) is 9.84 Å². The average Bonchev–Trinajstić information content (AvgIpc) is 3.01. The Morgan fingerprint density at radius 2 is 1.33 bits per heavy atom. The van der Waals surface area contributed by atoms with Crippen molar-refractivity contribution in [3.63, 3.8) is 0 Å². The van der Waals surface area contributed by atoms with E-state index in [0.717, 1.165) is 36.0 Å². The number of carboxylic acids is 2. The summed E-state index contributed by atoms with van der Waals surface area (Å²) in [4.78, 5) is 24.6. The molecule has 0 aliphatic carbocycles. The van der Waals surface area contributed by atoms with Gasteiger partial charge in [-0.15, -0.1) is 0 Å². The molecule has 42 heavy (non-hydrogen) atoms. The number of hydrogen-bond donors (Lipinski definition) is 2. The van der Waals surface area contributed by atoms with Crippen molar-refractivity contribution in [3.8, 4) is 0 Å². The minimum atomic E-state index is -0.950. The first-order valence-corrected chi connectivity index (χ1v) is 14.5. The van der Waals surface area contributed by atoms with Crippen molar-refractivity contribution in [2.75, 3.05) is 13.1 Å². The minimum Gasteiger partial charge on any atom is -0.481 e. The Labute approximate surface area is 248 Å². The van der Waals surface area contributed by atoms with E-state index >= 15 is 0 Å². The molecule has 6 heteroatoms. The van der Waals surface area contributed by atoms with Gasteiger partial charge >= 0.3 is 11.9 Å². The maximum absolute atomic E-state index is 11.3. The summed E-state index contributed by atoms with van der Waals surface area (Å²) in [6.07, 6.45) is 3.23. The molecule has 1 unspecified atom stereocenters. The second-order valence-electron chi connectivity index (χ2n) is 10.6. The molecule has 1 atom stereocenters. The topological polar surface area (TPSA) is 87.1 Å². The monoisotopic (exact) mass is 565 g/mol. The molecule has 6 nitrogen and oxygen atoms in total. The van der Waals surface area contributed by atoms with Gasteiger partial charge in [0.25, 0.3) is 0 Å². The molecule has 0 aromatic heterocycles. The van der Waals surface area contributed by atoms with Gasteiger partial charge in [-0.05, 0) is 72.2 Å². The predicted molar refractivity (Wildman–Crippen MR) is 164 cm³/mol. The fraction of sp³-hybridized carbons (Fsp3) is 0.278. The largest absolute Gasteiger partial charge is 0.481 e. The van der Waals surface area contributed by atoms with Crippen molar-refractivity contribution in [3.05, 3.63) is 143 Å². The SMILES string of the molecule is O=C(O)CCCCN(Cc1ccc(C(=O)O)cc1)CC(OCc1cccc(CCc2ccccc2)c1)c1ccccc1. The number of carboxylic acid groups (broad SMARTS) is 2. The highest BCUT2D eigenvalue weighted by Gasteiger charge is 2.18. The quantitative estimate of drug-likeness (QED) is 0.132. The summed E-state index contributed by atoms with van der Waals surface area (Å²) in [6.45, 7) is 2.40.